The number of hydrogen-bond donors (Lipinski definition) is 2. The van der Waals surface area contributed by atoms with Crippen LogP contribution in [0.4, 0.5) is 5.88 Å². The van der Waals surface area contributed by atoms with Crippen LogP contribution in [-0.4, -0.2) is 37.8 Å². The van der Waals surface area contributed by atoms with Crippen molar-refractivity contribution in [2.75, 3.05) is 17.7 Å². The first-order valence-electron chi connectivity index (χ1n) is 6.93. The molecule has 0 fully saturated rings. The lowest BCUT2D eigenvalue weighted by Gasteiger charge is -2.26. The normalized spacial score (nSPS) is 14.0. The summed E-state index contributed by atoms with van der Waals surface area (Å²) in [6.45, 7) is 8.75. The Balaban J connectivity index is 2.80. The van der Waals surface area contributed by atoms with Crippen molar-refractivity contribution < 1.29 is 19.0 Å². The molecule has 0 aliphatic rings. The van der Waals surface area contributed by atoms with Crippen LogP contribution >= 0.6 is 0 Å². The van der Waals surface area contributed by atoms with Gasteiger partial charge in [-0.05, 0) is 31.4 Å². The average Bonchev–Trinajstić information content (AvgIpc) is 2.88. The molecule has 0 saturated heterocycles. The van der Waals surface area contributed by atoms with Gasteiger partial charge in [0, 0.05) is 11.5 Å². The molecule has 2 N–H and O–H groups in total. The Labute approximate surface area is 128 Å². The number of hydrogen-bond acceptors (Lipinski definition) is 5. The molecule has 1 unspecified atom stereocenters. The van der Waals surface area contributed by atoms with Crippen molar-refractivity contribution in [1.82, 2.24) is 5.16 Å². The lowest BCUT2D eigenvalue weighted by atomic mass is 9.91. The highest BCUT2D eigenvalue weighted by Crippen LogP contribution is 2.26. The van der Waals surface area contributed by atoms with Gasteiger partial charge in [-0.1, -0.05) is 25.9 Å². The van der Waals surface area contributed by atoms with E-state index in [0.717, 1.165) is 6.42 Å². The van der Waals surface area contributed by atoms with Gasteiger partial charge in [0.1, 0.15) is 5.75 Å². The van der Waals surface area contributed by atoms with Crippen LogP contribution in [0.25, 0.3) is 0 Å². The van der Waals surface area contributed by atoms with Crippen molar-refractivity contribution in [2.24, 2.45) is 0 Å². The summed E-state index contributed by atoms with van der Waals surface area (Å²) in [6.07, 6.45) is 0.750. The van der Waals surface area contributed by atoms with Crippen molar-refractivity contribution in [2.45, 2.75) is 51.2 Å². The third kappa shape index (κ3) is 4.21. The zero-order valence-electron chi connectivity index (χ0n) is 13.2. The lowest BCUT2D eigenvalue weighted by molar-refractivity contribution is -0.118. The van der Waals surface area contributed by atoms with Crippen LogP contribution in [0.3, 0.4) is 0 Å². The van der Waals surface area contributed by atoms with Crippen molar-refractivity contribution in [3.63, 3.8) is 0 Å². The van der Waals surface area contributed by atoms with Gasteiger partial charge in [0.05, 0.1) is 12.3 Å². The monoisotopic (exact) mass is 316 g/mol. The Hall–Kier alpha value is -1.05. The fraction of sp³-hybridized carbons (Fsp3) is 0.714. The van der Waals surface area contributed by atoms with E-state index in [1.54, 1.807) is 19.9 Å². The summed E-state index contributed by atoms with van der Waals surface area (Å²) in [5.74, 6) is 0.288. The molecule has 1 heterocycles. The van der Waals surface area contributed by atoms with Gasteiger partial charge in [-0.2, -0.15) is 0 Å². The predicted molar refractivity (Wildman–Crippen MR) is 82.6 cm³/mol. The molecule has 1 atom stereocenters. The minimum absolute atomic E-state index is 0.0844. The van der Waals surface area contributed by atoms with Crippen LogP contribution in [-0.2, 0) is 21.4 Å². The number of nitrogens with one attached hydrogen (secondary N) is 1. The van der Waals surface area contributed by atoms with Crippen LogP contribution in [0.2, 0.25) is 0 Å². The summed E-state index contributed by atoms with van der Waals surface area (Å²) < 4.78 is 16.1. The van der Waals surface area contributed by atoms with E-state index in [1.807, 2.05) is 20.8 Å². The fourth-order valence-corrected chi connectivity index (χ4v) is 2.68. The Kier molecular flexibility index (Phi) is 5.83. The van der Waals surface area contributed by atoms with Gasteiger partial charge in [0.25, 0.3) is 5.91 Å². The Morgan fingerprint density at radius 2 is 2.10 bits per heavy atom. The first kappa shape index (κ1) is 18.0. The summed E-state index contributed by atoms with van der Waals surface area (Å²) in [7, 11) is 0. The zero-order valence-corrected chi connectivity index (χ0v) is 14.0. The van der Waals surface area contributed by atoms with Gasteiger partial charge >= 0.3 is 0 Å². The van der Waals surface area contributed by atoms with Crippen LogP contribution < -0.4 is 5.32 Å². The number of carbonyl (C=O) groups is 1. The molecular formula is C14H24N2O4S. The zero-order chi connectivity index (χ0) is 16.3. The Morgan fingerprint density at radius 3 is 2.62 bits per heavy atom. The number of rotatable bonds is 7. The number of carbonyl (C=O) groups excluding carboxylic acids is 1. The summed E-state index contributed by atoms with van der Waals surface area (Å²) in [5.41, 5.74) is 0.000291. The highest BCUT2D eigenvalue weighted by molar-refractivity contribution is 7.93. The smallest absolute Gasteiger partial charge is 0.282 e. The molecule has 1 aromatic heterocycles. The van der Waals surface area contributed by atoms with Crippen molar-refractivity contribution >= 4 is 23.0 Å². The number of aliphatic hydroxyl groups excluding tert-OH is 1. The van der Waals surface area contributed by atoms with Crippen molar-refractivity contribution in [1.29, 1.82) is 0 Å². The molecule has 120 valence electrons. The van der Waals surface area contributed by atoms with Crippen LogP contribution in [0.5, 0.6) is 0 Å². The molecule has 0 bridgehead atoms. The van der Waals surface area contributed by atoms with Crippen molar-refractivity contribution in [3.05, 3.63) is 11.8 Å². The molecule has 7 heteroatoms. The summed E-state index contributed by atoms with van der Waals surface area (Å²) in [5, 5.41) is 15.7. The molecule has 0 radical (unpaired) electrons. The lowest BCUT2D eigenvalue weighted by Crippen LogP contribution is -2.45. The second-order valence-corrected chi connectivity index (χ2v) is 8.25. The molecule has 0 aromatic carbocycles. The van der Waals surface area contributed by atoms with Gasteiger partial charge in [0.2, 0.25) is 5.88 Å². The van der Waals surface area contributed by atoms with Gasteiger partial charge in [-0.25, -0.2) is 0 Å². The van der Waals surface area contributed by atoms with Gasteiger partial charge < -0.3 is 14.2 Å². The highest BCUT2D eigenvalue weighted by Gasteiger charge is 2.40. The average molecular weight is 316 g/mol. The van der Waals surface area contributed by atoms with E-state index in [-0.39, 0.29) is 18.4 Å². The van der Waals surface area contributed by atoms with E-state index >= 15 is 0 Å². The summed E-state index contributed by atoms with van der Waals surface area (Å²) in [4.78, 5) is 12.2. The molecule has 1 amide bonds. The quantitative estimate of drug-likeness (QED) is 0.748. The second-order valence-electron chi connectivity index (χ2n) is 6.13. The van der Waals surface area contributed by atoms with Gasteiger partial charge in [-0.15, -0.1) is 0 Å². The molecular weight excluding hydrogens is 292 g/mol. The third-order valence-corrected chi connectivity index (χ3v) is 5.44. The summed E-state index contributed by atoms with van der Waals surface area (Å²) >= 11 is -1.26. The first-order valence-corrected chi connectivity index (χ1v) is 8.25. The maximum Gasteiger partial charge on any atom is 0.282 e. The molecule has 1 rings (SSSR count). The minimum Gasteiger partial charge on any atom is -0.616 e. The predicted octanol–water partition coefficient (Wildman–Crippen LogP) is 1.82. The fourth-order valence-electron chi connectivity index (χ4n) is 1.54. The van der Waals surface area contributed by atoms with E-state index in [0.29, 0.717) is 11.4 Å². The molecule has 6 nitrogen and oxygen atoms in total. The minimum atomic E-state index is -1.26. The number of aromatic nitrogens is 1. The number of nitrogens with zero attached hydrogens (tertiary/aromatic N) is 1. The van der Waals surface area contributed by atoms with E-state index in [2.05, 4.69) is 10.5 Å². The maximum atomic E-state index is 12.2. The molecule has 1 aromatic rings. The standard InChI is InChI=1S/C14H24N2O4S/c1-6-7-21(19)14(4,5)12(18)15-11-8-10(16-20-11)13(2,3)9-17/h8,17H,6-7,9H2,1-5H3,(H,15,18). The Morgan fingerprint density at radius 1 is 1.48 bits per heavy atom. The van der Waals surface area contributed by atoms with Crippen LogP contribution in [0.15, 0.2) is 10.6 Å². The van der Waals surface area contributed by atoms with E-state index in [1.165, 1.54) is 0 Å². The second kappa shape index (κ2) is 6.81. The largest absolute Gasteiger partial charge is 0.616 e. The van der Waals surface area contributed by atoms with Crippen molar-refractivity contribution in [3.8, 4) is 0 Å². The maximum absolute atomic E-state index is 12.2. The van der Waals surface area contributed by atoms with E-state index in [9.17, 15) is 14.5 Å². The topological polar surface area (TPSA) is 98.4 Å². The molecule has 0 aliphatic carbocycles. The summed E-state index contributed by atoms with van der Waals surface area (Å²) in [6, 6.07) is 1.58. The number of aliphatic hydroxyl groups is 1. The molecule has 0 spiro atoms. The van der Waals surface area contributed by atoms with Crippen LogP contribution in [0, 0.1) is 0 Å². The highest BCUT2D eigenvalue weighted by atomic mass is 32.2. The van der Waals surface area contributed by atoms with Gasteiger partial charge in [-0.3, -0.25) is 10.1 Å². The van der Waals surface area contributed by atoms with Crippen LogP contribution in [0.1, 0.15) is 46.7 Å². The molecule has 0 saturated carbocycles. The van der Waals surface area contributed by atoms with E-state index < -0.39 is 21.3 Å². The van der Waals surface area contributed by atoms with E-state index in [4.69, 9.17) is 4.52 Å². The molecule has 21 heavy (non-hydrogen) atoms. The molecule has 0 aliphatic heterocycles. The first-order chi connectivity index (χ1) is 9.65. The SMILES string of the molecule is CCC[S+]([O-])C(C)(C)C(=O)Nc1cc(C(C)(C)CO)no1. The Bertz CT molecular complexity index is 485. The number of amides is 1. The third-order valence-electron chi connectivity index (χ3n) is 3.34. The number of anilines is 1. The van der Waals surface area contributed by atoms with Gasteiger partial charge in [0.15, 0.2) is 4.75 Å².